The molecule has 0 spiro atoms. The number of nitrogens with one attached hydrogen (secondary N) is 2. The van der Waals surface area contributed by atoms with Gasteiger partial charge in [0.1, 0.15) is 12.0 Å². The maximum absolute atomic E-state index is 13.3. The lowest BCUT2D eigenvalue weighted by Crippen LogP contribution is -2.47. The fraction of sp³-hybridized carbons (Fsp3) is 0.391. The number of hydrogen-bond acceptors (Lipinski definition) is 3. The van der Waals surface area contributed by atoms with E-state index >= 15 is 0 Å². The van der Waals surface area contributed by atoms with Crippen molar-refractivity contribution in [2.45, 2.75) is 37.3 Å². The minimum atomic E-state index is -4.50. The second-order valence-electron chi connectivity index (χ2n) is 7.64. The van der Waals surface area contributed by atoms with Crippen LogP contribution in [0.2, 0.25) is 0 Å². The average molecular weight is 433 g/mol. The highest BCUT2D eigenvalue weighted by Gasteiger charge is 2.49. The molecule has 8 heteroatoms. The molecule has 0 saturated heterocycles. The Hall–Kier alpha value is -2.87. The molecule has 0 radical (unpaired) electrons. The van der Waals surface area contributed by atoms with E-state index in [1.54, 1.807) is 12.1 Å². The molecule has 1 aliphatic rings. The van der Waals surface area contributed by atoms with Gasteiger partial charge in [-0.05, 0) is 41.5 Å². The van der Waals surface area contributed by atoms with Crippen molar-refractivity contribution in [1.29, 1.82) is 0 Å². The summed E-state index contributed by atoms with van der Waals surface area (Å²) in [7, 11) is 0. The molecule has 0 atom stereocenters. The standard InChI is InChI=1S/C23H26F3N3O2/c24-23(25,26)15-29-21(31)22(12-5-6-14-28-20(30)11-13-27)18-9-3-1-7-16(18)17-8-2-4-10-19(17)22/h1-4,7-10H,5-6,11-15,27H2,(H,28,30)(H,29,31). The lowest BCUT2D eigenvalue weighted by molar-refractivity contribution is -0.141. The summed E-state index contributed by atoms with van der Waals surface area (Å²) in [6.07, 6.45) is -2.79. The molecule has 2 aromatic carbocycles. The summed E-state index contributed by atoms with van der Waals surface area (Å²) in [6.45, 7) is -0.697. The fourth-order valence-corrected chi connectivity index (χ4v) is 4.25. The molecule has 2 aromatic rings. The van der Waals surface area contributed by atoms with Crippen LogP contribution in [0.5, 0.6) is 0 Å². The number of carbonyl (C=O) groups is 2. The molecule has 2 amide bonds. The molecule has 31 heavy (non-hydrogen) atoms. The van der Waals surface area contributed by atoms with Crippen molar-refractivity contribution in [3.63, 3.8) is 0 Å². The van der Waals surface area contributed by atoms with Gasteiger partial charge in [0.15, 0.2) is 0 Å². The number of carbonyl (C=O) groups excluding carboxylic acids is 2. The lowest BCUT2D eigenvalue weighted by Gasteiger charge is -2.31. The van der Waals surface area contributed by atoms with E-state index in [0.29, 0.717) is 36.9 Å². The molecule has 0 bridgehead atoms. The Bertz CT molecular complexity index is 898. The van der Waals surface area contributed by atoms with Crippen LogP contribution in [0.4, 0.5) is 13.2 Å². The summed E-state index contributed by atoms with van der Waals surface area (Å²) in [6, 6.07) is 14.7. The van der Waals surface area contributed by atoms with Gasteiger partial charge in [-0.2, -0.15) is 13.2 Å². The van der Waals surface area contributed by atoms with Crippen molar-refractivity contribution in [3.8, 4) is 11.1 Å². The normalized spacial score (nSPS) is 13.9. The lowest BCUT2D eigenvalue weighted by atomic mass is 9.73. The first kappa shape index (κ1) is 22.8. The third kappa shape index (κ3) is 4.90. The van der Waals surface area contributed by atoms with Crippen LogP contribution in [0.15, 0.2) is 48.5 Å². The number of amides is 2. The van der Waals surface area contributed by atoms with E-state index in [1.807, 2.05) is 36.4 Å². The number of rotatable bonds is 9. The Balaban J connectivity index is 1.87. The Labute approximate surface area is 179 Å². The van der Waals surface area contributed by atoms with Gasteiger partial charge in [-0.25, -0.2) is 0 Å². The summed E-state index contributed by atoms with van der Waals surface area (Å²) in [5.41, 5.74) is 7.29. The van der Waals surface area contributed by atoms with Gasteiger partial charge in [-0.3, -0.25) is 9.59 Å². The van der Waals surface area contributed by atoms with Gasteiger partial charge in [0.05, 0.1) is 0 Å². The number of alkyl halides is 3. The van der Waals surface area contributed by atoms with Crippen LogP contribution < -0.4 is 16.4 Å². The van der Waals surface area contributed by atoms with Gasteiger partial charge >= 0.3 is 6.18 Å². The largest absolute Gasteiger partial charge is 0.405 e. The highest BCUT2D eigenvalue weighted by Crippen LogP contribution is 2.51. The Morgan fingerprint density at radius 2 is 1.48 bits per heavy atom. The third-order valence-electron chi connectivity index (χ3n) is 5.57. The molecular weight excluding hydrogens is 407 g/mol. The van der Waals surface area contributed by atoms with Gasteiger partial charge in [-0.15, -0.1) is 0 Å². The molecule has 3 rings (SSSR count). The summed E-state index contributed by atoms with van der Waals surface area (Å²) < 4.78 is 38.5. The zero-order valence-corrected chi connectivity index (χ0v) is 17.1. The maximum atomic E-state index is 13.3. The summed E-state index contributed by atoms with van der Waals surface area (Å²) >= 11 is 0. The predicted molar refractivity (Wildman–Crippen MR) is 112 cm³/mol. The summed E-state index contributed by atoms with van der Waals surface area (Å²) in [4.78, 5) is 24.9. The zero-order chi connectivity index (χ0) is 22.5. The van der Waals surface area contributed by atoms with Crippen LogP contribution in [0.25, 0.3) is 11.1 Å². The van der Waals surface area contributed by atoms with Crippen LogP contribution in [0.3, 0.4) is 0 Å². The maximum Gasteiger partial charge on any atom is 0.405 e. The van der Waals surface area contributed by atoms with Crippen LogP contribution in [0, 0.1) is 0 Å². The first-order valence-electron chi connectivity index (χ1n) is 10.3. The van der Waals surface area contributed by atoms with E-state index < -0.39 is 24.0 Å². The first-order chi connectivity index (χ1) is 14.8. The van der Waals surface area contributed by atoms with Crippen molar-refractivity contribution in [3.05, 3.63) is 59.7 Å². The fourth-order valence-electron chi connectivity index (χ4n) is 4.25. The van der Waals surface area contributed by atoms with Gasteiger partial charge in [0.2, 0.25) is 11.8 Å². The number of halogens is 3. The molecule has 166 valence electrons. The minimum absolute atomic E-state index is 0.142. The molecule has 5 nitrogen and oxygen atoms in total. The molecule has 0 saturated carbocycles. The molecule has 1 aliphatic carbocycles. The minimum Gasteiger partial charge on any atom is -0.356 e. The molecule has 0 unspecified atom stereocenters. The molecule has 0 heterocycles. The van der Waals surface area contributed by atoms with E-state index in [1.165, 1.54) is 0 Å². The summed E-state index contributed by atoms with van der Waals surface area (Å²) in [5, 5.41) is 4.88. The van der Waals surface area contributed by atoms with E-state index in [4.69, 9.17) is 5.73 Å². The number of unbranched alkanes of at least 4 members (excludes halogenated alkanes) is 1. The van der Waals surface area contributed by atoms with Gasteiger partial charge in [-0.1, -0.05) is 48.5 Å². The van der Waals surface area contributed by atoms with E-state index in [-0.39, 0.29) is 18.9 Å². The Morgan fingerprint density at radius 1 is 0.903 bits per heavy atom. The predicted octanol–water partition coefficient (Wildman–Crippen LogP) is 3.27. The molecule has 4 N–H and O–H groups in total. The third-order valence-corrected chi connectivity index (χ3v) is 5.57. The van der Waals surface area contributed by atoms with Crippen molar-refractivity contribution in [2.24, 2.45) is 5.73 Å². The van der Waals surface area contributed by atoms with Gasteiger partial charge in [0, 0.05) is 19.5 Å². The number of hydrogen-bond donors (Lipinski definition) is 3. The van der Waals surface area contributed by atoms with Crippen LogP contribution in [0.1, 0.15) is 36.8 Å². The van der Waals surface area contributed by atoms with Crippen LogP contribution >= 0.6 is 0 Å². The van der Waals surface area contributed by atoms with Crippen molar-refractivity contribution < 1.29 is 22.8 Å². The highest BCUT2D eigenvalue weighted by molar-refractivity contribution is 6.00. The number of benzene rings is 2. The van der Waals surface area contributed by atoms with Crippen molar-refractivity contribution in [1.82, 2.24) is 10.6 Å². The van der Waals surface area contributed by atoms with Crippen LogP contribution in [-0.2, 0) is 15.0 Å². The van der Waals surface area contributed by atoms with Crippen LogP contribution in [-0.4, -0.2) is 37.6 Å². The second kappa shape index (κ2) is 9.51. The molecule has 0 fully saturated rings. The number of fused-ring (bicyclic) bond motifs is 3. The Morgan fingerprint density at radius 3 is 2.03 bits per heavy atom. The quantitative estimate of drug-likeness (QED) is 0.531. The Kier molecular flexibility index (Phi) is 7.00. The van der Waals surface area contributed by atoms with E-state index in [9.17, 15) is 22.8 Å². The monoisotopic (exact) mass is 433 g/mol. The first-order valence-corrected chi connectivity index (χ1v) is 10.3. The van der Waals surface area contributed by atoms with Gasteiger partial charge in [0.25, 0.3) is 0 Å². The number of nitrogens with two attached hydrogens (primary N) is 1. The van der Waals surface area contributed by atoms with Gasteiger partial charge < -0.3 is 16.4 Å². The summed E-state index contributed by atoms with van der Waals surface area (Å²) in [5.74, 6) is -0.800. The highest BCUT2D eigenvalue weighted by atomic mass is 19.4. The molecular formula is C23H26F3N3O2. The SMILES string of the molecule is NCCC(=O)NCCCCC1(C(=O)NCC(F)(F)F)c2ccccc2-c2ccccc21. The smallest absolute Gasteiger partial charge is 0.356 e. The molecule has 0 aliphatic heterocycles. The van der Waals surface area contributed by atoms with Crippen molar-refractivity contribution >= 4 is 11.8 Å². The average Bonchev–Trinajstić information content (AvgIpc) is 3.03. The molecule has 0 aromatic heterocycles. The van der Waals surface area contributed by atoms with E-state index in [0.717, 1.165) is 11.1 Å². The topological polar surface area (TPSA) is 84.2 Å². The zero-order valence-electron chi connectivity index (χ0n) is 17.1. The van der Waals surface area contributed by atoms with Crippen molar-refractivity contribution in [2.75, 3.05) is 19.6 Å². The van der Waals surface area contributed by atoms with E-state index in [2.05, 4.69) is 10.6 Å². The second-order valence-corrected chi connectivity index (χ2v) is 7.64.